The average molecular weight is 279 g/mol. The molecule has 102 valence electrons. The zero-order chi connectivity index (χ0) is 14.2. The van der Waals surface area contributed by atoms with Gasteiger partial charge in [-0.25, -0.2) is 0 Å². The molecule has 2 aromatic rings. The number of para-hydroxylation sites is 1. The number of hydrogen-bond acceptors (Lipinski definition) is 2. The van der Waals surface area contributed by atoms with Crippen LogP contribution in [0, 0.1) is 6.92 Å². The van der Waals surface area contributed by atoms with E-state index in [-0.39, 0.29) is 5.78 Å². The Balaban J connectivity index is 2.52. The van der Waals surface area contributed by atoms with Crippen LogP contribution in [-0.2, 0) is 7.05 Å². The molecule has 0 bridgehead atoms. The van der Waals surface area contributed by atoms with E-state index in [9.17, 15) is 4.79 Å². The molecule has 0 aliphatic rings. The summed E-state index contributed by atoms with van der Waals surface area (Å²) in [6, 6.07) is 5.99. The molecule has 0 radical (unpaired) electrons. The summed E-state index contributed by atoms with van der Waals surface area (Å²) < 4.78 is 1.99. The number of aryl methyl sites for hydroxylation is 1. The Kier molecular flexibility index (Phi) is 3.97. The molecule has 1 N–H and O–H groups in total. The zero-order valence-electron chi connectivity index (χ0n) is 11.7. The first-order chi connectivity index (χ1) is 8.93. The van der Waals surface area contributed by atoms with Gasteiger partial charge >= 0.3 is 0 Å². The van der Waals surface area contributed by atoms with Gasteiger partial charge in [-0.2, -0.15) is 0 Å². The highest BCUT2D eigenvalue weighted by Crippen LogP contribution is 2.30. The highest BCUT2D eigenvalue weighted by molar-refractivity contribution is 6.35. The van der Waals surface area contributed by atoms with Crippen molar-refractivity contribution in [3.05, 3.63) is 34.5 Å². The van der Waals surface area contributed by atoms with Gasteiger partial charge in [-0.1, -0.05) is 37.6 Å². The molecule has 2 rings (SSSR count). The SMILES string of the molecule is Cc1c(C(=O)CNC(C)C)c2cccc(Cl)c2n1C. The van der Waals surface area contributed by atoms with E-state index >= 15 is 0 Å². The lowest BCUT2D eigenvalue weighted by Gasteiger charge is -2.07. The Hall–Kier alpha value is -1.32. The number of nitrogens with zero attached hydrogens (tertiary/aromatic N) is 1. The number of carbonyl (C=O) groups is 1. The Bertz CT molecular complexity index is 629. The summed E-state index contributed by atoms with van der Waals surface area (Å²) >= 11 is 6.23. The minimum absolute atomic E-state index is 0.110. The molecule has 1 heterocycles. The molecule has 0 fully saturated rings. The van der Waals surface area contributed by atoms with Crippen molar-refractivity contribution in [2.75, 3.05) is 6.54 Å². The molecule has 0 aliphatic carbocycles. The normalized spacial score (nSPS) is 11.5. The summed E-state index contributed by atoms with van der Waals surface area (Å²) in [5, 5.41) is 4.78. The van der Waals surface area contributed by atoms with Gasteiger partial charge in [0.15, 0.2) is 5.78 Å². The van der Waals surface area contributed by atoms with Crippen LogP contribution in [0.4, 0.5) is 0 Å². The topological polar surface area (TPSA) is 34.0 Å². The molecule has 0 aliphatic heterocycles. The van der Waals surface area contributed by atoms with Gasteiger partial charge in [0.25, 0.3) is 0 Å². The highest BCUT2D eigenvalue weighted by atomic mass is 35.5. The largest absolute Gasteiger partial charge is 0.346 e. The summed E-state index contributed by atoms with van der Waals surface area (Å²) in [5.74, 6) is 0.110. The van der Waals surface area contributed by atoms with Gasteiger partial charge in [-0.3, -0.25) is 4.79 Å². The molecule has 0 atom stereocenters. The van der Waals surface area contributed by atoms with Crippen LogP contribution >= 0.6 is 11.6 Å². The van der Waals surface area contributed by atoms with Crippen molar-refractivity contribution >= 4 is 28.3 Å². The quantitative estimate of drug-likeness (QED) is 0.871. The van der Waals surface area contributed by atoms with Crippen LogP contribution in [0.3, 0.4) is 0 Å². The third kappa shape index (κ3) is 2.53. The minimum Gasteiger partial charge on any atom is -0.346 e. The number of nitrogens with one attached hydrogen (secondary N) is 1. The lowest BCUT2D eigenvalue weighted by atomic mass is 10.1. The second-order valence-corrected chi connectivity index (χ2v) is 5.52. The van der Waals surface area contributed by atoms with Crippen molar-refractivity contribution in [1.82, 2.24) is 9.88 Å². The van der Waals surface area contributed by atoms with Gasteiger partial charge in [0.2, 0.25) is 0 Å². The number of hydrogen-bond donors (Lipinski definition) is 1. The van der Waals surface area contributed by atoms with Crippen LogP contribution in [0.15, 0.2) is 18.2 Å². The Morgan fingerprint density at radius 3 is 2.74 bits per heavy atom. The summed E-state index contributed by atoms with van der Waals surface area (Å²) in [7, 11) is 1.94. The third-order valence-corrected chi connectivity index (χ3v) is 3.71. The van der Waals surface area contributed by atoms with E-state index in [2.05, 4.69) is 5.32 Å². The van der Waals surface area contributed by atoms with Crippen molar-refractivity contribution in [3.8, 4) is 0 Å². The zero-order valence-corrected chi connectivity index (χ0v) is 12.5. The van der Waals surface area contributed by atoms with Gasteiger partial charge in [-0.15, -0.1) is 0 Å². The molecular weight excluding hydrogens is 260 g/mol. The van der Waals surface area contributed by atoms with Crippen LogP contribution in [-0.4, -0.2) is 22.9 Å². The van der Waals surface area contributed by atoms with Crippen molar-refractivity contribution < 1.29 is 4.79 Å². The molecule has 0 amide bonds. The van der Waals surface area contributed by atoms with Gasteiger partial charge in [0.1, 0.15) is 0 Å². The van der Waals surface area contributed by atoms with Crippen LogP contribution < -0.4 is 5.32 Å². The van der Waals surface area contributed by atoms with E-state index in [1.807, 2.05) is 50.6 Å². The summed E-state index contributed by atoms with van der Waals surface area (Å²) in [4.78, 5) is 12.4. The molecule has 1 aromatic carbocycles. The number of fused-ring (bicyclic) bond motifs is 1. The third-order valence-electron chi connectivity index (χ3n) is 3.41. The number of benzene rings is 1. The van der Waals surface area contributed by atoms with E-state index in [1.54, 1.807) is 0 Å². The minimum atomic E-state index is 0.110. The Morgan fingerprint density at radius 2 is 2.11 bits per heavy atom. The van der Waals surface area contributed by atoms with E-state index in [0.29, 0.717) is 17.6 Å². The summed E-state index contributed by atoms with van der Waals surface area (Å²) in [5.41, 5.74) is 2.65. The highest BCUT2D eigenvalue weighted by Gasteiger charge is 2.19. The number of halogens is 1. The smallest absolute Gasteiger partial charge is 0.179 e. The summed E-state index contributed by atoms with van der Waals surface area (Å²) in [6.07, 6.45) is 0. The van der Waals surface area contributed by atoms with Gasteiger partial charge < -0.3 is 9.88 Å². The molecule has 0 saturated heterocycles. The van der Waals surface area contributed by atoms with E-state index < -0.39 is 0 Å². The average Bonchev–Trinajstić information content (AvgIpc) is 2.60. The number of ketones is 1. The van der Waals surface area contributed by atoms with Crippen molar-refractivity contribution in [2.24, 2.45) is 7.05 Å². The number of carbonyl (C=O) groups excluding carboxylic acids is 1. The molecule has 4 heteroatoms. The van der Waals surface area contributed by atoms with Gasteiger partial charge in [0, 0.05) is 29.7 Å². The van der Waals surface area contributed by atoms with Gasteiger partial charge in [-0.05, 0) is 13.0 Å². The molecular formula is C15H19ClN2O. The maximum absolute atomic E-state index is 12.4. The first-order valence-corrected chi connectivity index (χ1v) is 6.81. The number of rotatable bonds is 4. The number of Topliss-reactive ketones (excluding diaryl/α,β-unsaturated/α-hetero) is 1. The molecule has 1 aromatic heterocycles. The number of aromatic nitrogens is 1. The fourth-order valence-electron chi connectivity index (χ4n) is 2.33. The second-order valence-electron chi connectivity index (χ2n) is 5.11. The molecule has 19 heavy (non-hydrogen) atoms. The first-order valence-electron chi connectivity index (χ1n) is 6.43. The van der Waals surface area contributed by atoms with E-state index in [0.717, 1.165) is 22.2 Å². The van der Waals surface area contributed by atoms with Crippen LogP contribution in [0.5, 0.6) is 0 Å². The fourth-order valence-corrected chi connectivity index (χ4v) is 2.63. The molecule has 0 saturated carbocycles. The van der Waals surface area contributed by atoms with Crippen LogP contribution in [0.25, 0.3) is 10.9 Å². The van der Waals surface area contributed by atoms with Crippen LogP contribution in [0.1, 0.15) is 29.9 Å². The van der Waals surface area contributed by atoms with Gasteiger partial charge in [0.05, 0.1) is 17.1 Å². The molecule has 3 nitrogen and oxygen atoms in total. The maximum Gasteiger partial charge on any atom is 0.179 e. The predicted octanol–water partition coefficient (Wildman–Crippen LogP) is 3.32. The Morgan fingerprint density at radius 1 is 1.42 bits per heavy atom. The lowest BCUT2D eigenvalue weighted by Crippen LogP contribution is -2.29. The maximum atomic E-state index is 12.4. The lowest BCUT2D eigenvalue weighted by molar-refractivity contribution is 0.0989. The predicted molar refractivity (Wildman–Crippen MR) is 80.1 cm³/mol. The van der Waals surface area contributed by atoms with Crippen molar-refractivity contribution in [3.63, 3.8) is 0 Å². The Labute approximate surface area is 118 Å². The first kappa shape index (κ1) is 14.1. The molecule has 0 unspecified atom stereocenters. The standard InChI is InChI=1S/C15H19ClN2O/c1-9(2)17-8-13(19)14-10(3)18(4)15-11(14)6-5-7-12(15)16/h5-7,9,17H,8H2,1-4H3. The van der Waals surface area contributed by atoms with E-state index in [1.165, 1.54) is 0 Å². The molecule has 0 spiro atoms. The van der Waals surface area contributed by atoms with Crippen molar-refractivity contribution in [2.45, 2.75) is 26.8 Å². The summed E-state index contributed by atoms with van der Waals surface area (Å²) in [6.45, 7) is 6.36. The van der Waals surface area contributed by atoms with Crippen molar-refractivity contribution in [1.29, 1.82) is 0 Å². The van der Waals surface area contributed by atoms with Crippen LogP contribution in [0.2, 0.25) is 5.02 Å². The van der Waals surface area contributed by atoms with E-state index in [4.69, 9.17) is 11.6 Å². The second kappa shape index (κ2) is 5.35. The fraction of sp³-hybridized carbons (Fsp3) is 0.400. The monoisotopic (exact) mass is 278 g/mol.